The van der Waals surface area contributed by atoms with Gasteiger partial charge in [0.2, 0.25) is 12.2 Å². The van der Waals surface area contributed by atoms with Crippen LogP contribution in [0.25, 0.3) is 0 Å². The van der Waals surface area contributed by atoms with Crippen LogP contribution in [0.5, 0.6) is 0 Å². The van der Waals surface area contributed by atoms with Gasteiger partial charge in [0.05, 0.1) is 33.0 Å². The minimum atomic E-state index is -2.12. The number of hydrogen-bond donors (Lipinski definition) is 1. The third-order valence-corrected chi connectivity index (χ3v) is 7.85. The summed E-state index contributed by atoms with van der Waals surface area (Å²) in [5.74, 6) is -0.606. The Morgan fingerprint density at radius 3 is 1.39 bits per heavy atom. The normalized spacial score (nSPS) is 21.5. The second-order valence-corrected chi connectivity index (χ2v) is 13.1. The fourth-order valence-electron chi connectivity index (χ4n) is 5.02. The van der Waals surface area contributed by atoms with Gasteiger partial charge in [-0.1, -0.05) is 156 Å². The molecule has 1 N–H and O–H groups in total. The number of hydrogen-bond acceptors (Lipinski definition) is 7. The van der Waals surface area contributed by atoms with Crippen LogP contribution in [0.3, 0.4) is 0 Å². The van der Waals surface area contributed by atoms with Crippen LogP contribution in [-0.2, 0) is 54.8 Å². The molecule has 1 heterocycles. The van der Waals surface area contributed by atoms with Gasteiger partial charge in [0.15, 0.2) is 0 Å². The molecule has 242 valence electrons. The summed E-state index contributed by atoms with van der Waals surface area (Å²) in [6, 6.07) is 39.2. The molecule has 1 saturated heterocycles. The third kappa shape index (κ3) is 10.3. The zero-order valence-electron chi connectivity index (χ0n) is 25.1. The molecule has 0 bridgehead atoms. The van der Waals surface area contributed by atoms with E-state index in [4.69, 9.17) is 68.6 Å². The van der Waals surface area contributed by atoms with Crippen LogP contribution in [0.1, 0.15) is 22.3 Å². The van der Waals surface area contributed by atoms with Crippen molar-refractivity contribution >= 4 is 40.7 Å². The average molecular weight is 685 g/mol. The minimum absolute atomic E-state index is 0.131. The Hall–Kier alpha value is -2.98. The van der Waals surface area contributed by atoms with Crippen LogP contribution < -0.4 is 0 Å². The molecule has 0 radical (unpaired) electrons. The zero-order valence-corrected chi connectivity index (χ0v) is 27.3. The van der Waals surface area contributed by atoms with Crippen LogP contribution in [-0.4, -0.2) is 47.0 Å². The number of benzene rings is 4. The monoisotopic (exact) mass is 683 g/mol. The van der Waals surface area contributed by atoms with Gasteiger partial charge in [-0.15, -0.1) is 0 Å². The fourth-order valence-corrected chi connectivity index (χ4v) is 5.16. The van der Waals surface area contributed by atoms with Crippen LogP contribution in [0.2, 0.25) is 0 Å². The summed E-state index contributed by atoms with van der Waals surface area (Å²) in [6.45, 7) is 1.24. The first-order valence-corrected chi connectivity index (χ1v) is 16.1. The fraction of sp³-hybridized carbons (Fsp3) is 0.306. The van der Waals surface area contributed by atoms with Gasteiger partial charge < -0.3 is 28.4 Å². The van der Waals surface area contributed by atoms with Crippen LogP contribution in [0.15, 0.2) is 121 Å². The first-order chi connectivity index (χ1) is 22.4. The third-order valence-electron chi connectivity index (χ3n) is 7.33. The van der Waals surface area contributed by atoms with E-state index in [0.717, 1.165) is 22.3 Å². The van der Waals surface area contributed by atoms with Crippen molar-refractivity contribution in [3.63, 3.8) is 0 Å². The molecule has 4 aromatic carbocycles. The molecule has 1 aliphatic heterocycles. The van der Waals surface area contributed by atoms with Crippen molar-refractivity contribution in [3.8, 4) is 0 Å². The van der Waals surface area contributed by atoms with Gasteiger partial charge in [0.1, 0.15) is 24.4 Å². The highest BCUT2D eigenvalue weighted by Gasteiger charge is 2.51. The molecule has 7 nitrogen and oxygen atoms in total. The molecular weight excluding hydrogens is 649 g/mol. The first-order valence-electron chi connectivity index (χ1n) is 14.9. The van der Waals surface area contributed by atoms with Crippen LogP contribution >= 0.6 is 34.8 Å². The molecule has 4 aromatic rings. The maximum Gasteiger partial charge on any atom is 0.265 e. The van der Waals surface area contributed by atoms with Crippen molar-refractivity contribution in [2.75, 3.05) is 6.61 Å². The lowest BCUT2D eigenvalue weighted by atomic mass is 9.97. The molecule has 0 unspecified atom stereocenters. The predicted octanol–water partition coefficient (Wildman–Crippen LogP) is 8.05. The van der Waals surface area contributed by atoms with E-state index in [0.29, 0.717) is 6.61 Å². The predicted molar refractivity (Wildman–Crippen MR) is 179 cm³/mol. The lowest BCUT2D eigenvalue weighted by Gasteiger charge is -2.46. The first kappa shape index (κ1) is 34.4. The van der Waals surface area contributed by atoms with Gasteiger partial charge in [-0.2, -0.15) is 0 Å². The molecule has 0 spiro atoms. The Balaban J connectivity index is 1.46. The van der Waals surface area contributed by atoms with E-state index < -0.39 is 40.4 Å². The summed E-state index contributed by atoms with van der Waals surface area (Å²) in [7, 11) is 0. The lowest BCUT2D eigenvalue weighted by molar-refractivity contribution is -0.313. The van der Waals surface area contributed by atoms with Crippen molar-refractivity contribution in [1.82, 2.24) is 0 Å². The summed E-state index contributed by atoms with van der Waals surface area (Å²) in [4.78, 5) is 0. The molecule has 0 aromatic heterocycles. The highest BCUT2D eigenvalue weighted by atomic mass is 35.6. The van der Waals surface area contributed by atoms with Crippen molar-refractivity contribution in [1.29, 1.82) is 5.41 Å². The maximum atomic E-state index is 8.37. The molecule has 1 aliphatic rings. The zero-order chi connectivity index (χ0) is 32.2. The molecule has 5 atom stereocenters. The van der Waals surface area contributed by atoms with Gasteiger partial charge in [0, 0.05) is 0 Å². The smallest absolute Gasteiger partial charge is 0.265 e. The van der Waals surface area contributed by atoms with Crippen LogP contribution in [0.4, 0.5) is 0 Å². The molecule has 5 rings (SSSR count). The molecule has 0 saturated carbocycles. The van der Waals surface area contributed by atoms with E-state index in [-0.39, 0.29) is 26.4 Å². The SMILES string of the molecule is N=C(O[C@H]1O[C@H](COCc2ccccc2)[C@H](OCc2ccccc2)[C@H](OCc2ccccc2)[C@H]1OCc1ccccc1)C(Cl)(Cl)Cl. The van der Waals surface area contributed by atoms with Gasteiger partial charge in [-0.3, -0.25) is 5.41 Å². The summed E-state index contributed by atoms with van der Waals surface area (Å²) in [5, 5.41) is 8.37. The Kier molecular flexibility index (Phi) is 12.9. The molecule has 1 fully saturated rings. The second-order valence-electron chi connectivity index (χ2n) is 10.8. The molecule has 10 heteroatoms. The topological polar surface area (TPSA) is 79.2 Å². The van der Waals surface area contributed by atoms with E-state index in [1.165, 1.54) is 0 Å². The number of ether oxygens (including phenoxy) is 6. The highest BCUT2D eigenvalue weighted by molar-refractivity contribution is 6.76. The molecular formula is C36H36Cl3NO6. The van der Waals surface area contributed by atoms with Crippen molar-refractivity contribution < 1.29 is 28.4 Å². The van der Waals surface area contributed by atoms with E-state index in [9.17, 15) is 0 Å². The van der Waals surface area contributed by atoms with E-state index in [1.807, 2.05) is 121 Å². The quantitative estimate of drug-likeness (QED) is 0.0823. The number of nitrogens with one attached hydrogen (secondary N) is 1. The second kappa shape index (κ2) is 17.3. The van der Waals surface area contributed by atoms with E-state index in [2.05, 4.69) is 0 Å². The van der Waals surface area contributed by atoms with E-state index >= 15 is 0 Å². The van der Waals surface area contributed by atoms with Gasteiger partial charge in [-0.05, 0) is 22.3 Å². The molecule has 0 amide bonds. The van der Waals surface area contributed by atoms with E-state index in [1.54, 1.807) is 0 Å². The minimum Gasteiger partial charge on any atom is -0.445 e. The number of halogens is 3. The Bertz CT molecular complexity index is 1460. The summed E-state index contributed by atoms with van der Waals surface area (Å²) in [5.41, 5.74) is 3.87. The average Bonchev–Trinajstić information content (AvgIpc) is 3.07. The lowest BCUT2D eigenvalue weighted by Crippen LogP contribution is -2.62. The number of rotatable bonds is 14. The molecule has 0 aliphatic carbocycles. The maximum absolute atomic E-state index is 8.37. The van der Waals surface area contributed by atoms with Gasteiger partial charge >= 0.3 is 0 Å². The summed E-state index contributed by atoms with van der Waals surface area (Å²) >= 11 is 18.1. The highest BCUT2D eigenvalue weighted by Crippen LogP contribution is 2.34. The Labute approximate surface area is 284 Å². The number of alkyl halides is 3. The Morgan fingerprint density at radius 1 is 0.565 bits per heavy atom. The van der Waals surface area contributed by atoms with Crippen molar-refractivity contribution in [2.24, 2.45) is 0 Å². The largest absolute Gasteiger partial charge is 0.445 e. The standard InChI is InChI=1S/C36H36Cl3NO6/c37-36(38,39)35(40)46-34-33(44-24-29-19-11-4-12-20-29)32(43-23-28-17-9-3-10-18-28)31(42-22-27-15-7-2-8-16-27)30(45-34)25-41-21-26-13-5-1-6-14-26/h1-20,30-34,40H,21-25H2/t30-,31+,32+,33-,34-/m1/s1. The van der Waals surface area contributed by atoms with Crippen molar-refractivity contribution in [2.45, 2.75) is 60.9 Å². The van der Waals surface area contributed by atoms with Gasteiger partial charge in [-0.25, -0.2) is 0 Å². The van der Waals surface area contributed by atoms with Gasteiger partial charge in [0.25, 0.3) is 3.79 Å². The summed E-state index contributed by atoms with van der Waals surface area (Å²) < 4.78 is 36.1. The summed E-state index contributed by atoms with van der Waals surface area (Å²) in [6.07, 6.45) is -4.17. The van der Waals surface area contributed by atoms with Crippen molar-refractivity contribution in [3.05, 3.63) is 144 Å². The molecule has 46 heavy (non-hydrogen) atoms. The van der Waals surface area contributed by atoms with Crippen LogP contribution in [0, 0.1) is 5.41 Å². The Morgan fingerprint density at radius 2 is 0.957 bits per heavy atom.